The topological polar surface area (TPSA) is 148 Å². The second-order valence-electron chi connectivity index (χ2n) is 7.18. The highest BCUT2D eigenvalue weighted by Crippen LogP contribution is 2.09. The number of hydrogen-bond acceptors (Lipinski definition) is 6. The van der Waals surface area contributed by atoms with Crippen molar-refractivity contribution < 1.29 is 29.7 Å². The minimum Gasteiger partial charge on any atom is -0.481 e. The summed E-state index contributed by atoms with van der Waals surface area (Å²) < 4.78 is 1.19. The van der Waals surface area contributed by atoms with Gasteiger partial charge in [-0.25, -0.2) is 4.79 Å². The fourth-order valence-corrected chi connectivity index (χ4v) is 3.29. The summed E-state index contributed by atoms with van der Waals surface area (Å²) in [6.45, 7) is 5.27. The standard InChI is InChI=1S/C21H30IN3O6/c1-14(25-18(21(30)31)9-10-19(26)27)24-17(12-20(28)29)4-2-3-11-23-13-15-5-7-16(22)8-6-15/h5-8,17-18,23-25H,1-4,9-13H2,(H,26,27)(H,28,29)(H,30,31)/t17-,18-/m0/s1. The number of halogens is 1. The van der Waals surface area contributed by atoms with E-state index in [1.54, 1.807) is 0 Å². The van der Waals surface area contributed by atoms with Crippen LogP contribution < -0.4 is 16.0 Å². The number of rotatable bonds is 17. The van der Waals surface area contributed by atoms with Crippen molar-refractivity contribution in [2.45, 2.75) is 57.2 Å². The normalized spacial score (nSPS) is 12.5. The lowest BCUT2D eigenvalue weighted by Gasteiger charge is -2.23. The number of carboxylic acid groups (broad SMARTS) is 3. The van der Waals surface area contributed by atoms with Gasteiger partial charge in [0.2, 0.25) is 0 Å². The Balaban J connectivity index is 2.39. The maximum atomic E-state index is 11.3. The van der Waals surface area contributed by atoms with Gasteiger partial charge in [0.1, 0.15) is 6.04 Å². The Labute approximate surface area is 195 Å². The molecule has 172 valence electrons. The number of unbranched alkanes of at least 4 members (excludes halogenated alkanes) is 1. The van der Waals surface area contributed by atoms with E-state index in [0.29, 0.717) is 6.42 Å². The van der Waals surface area contributed by atoms with Gasteiger partial charge in [-0.1, -0.05) is 25.1 Å². The first kappa shape index (κ1) is 26.7. The van der Waals surface area contributed by atoms with E-state index in [1.165, 1.54) is 9.13 Å². The van der Waals surface area contributed by atoms with Crippen molar-refractivity contribution in [3.05, 3.63) is 45.8 Å². The fourth-order valence-electron chi connectivity index (χ4n) is 2.94. The van der Waals surface area contributed by atoms with E-state index in [1.807, 2.05) is 0 Å². The number of nitrogens with one attached hydrogen (secondary N) is 3. The molecular weight excluding hydrogens is 517 g/mol. The molecule has 0 heterocycles. The predicted octanol–water partition coefficient (Wildman–Crippen LogP) is 2.36. The third-order valence-corrected chi connectivity index (χ3v) is 5.21. The van der Waals surface area contributed by atoms with Gasteiger partial charge in [-0.05, 0) is 66.1 Å². The van der Waals surface area contributed by atoms with Crippen LogP contribution in [0.3, 0.4) is 0 Å². The summed E-state index contributed by atoms with van der Waals surface area (Å²) in [5.74, 6) is -3.09. The van der Waals surface area contributed by atoms with Gasteiger partial charge in [-0.3, -0.25) is 9.59 Å². The summed E-state index contributed by atoms with van der Waals surface area (Å²) in [7, 11) is 0. The van der Waals surface area contributed by atoms with Crippen molar-refractivity contribution in [1.82, 2.24) is 16.0 Å². The quantitative estimate of drug-likeness (QED) is 0.128. The van der Waals surface area contributed by atoms with E-state index in [4.69, 9.17) is 10.2 Å². The zero-order chi connectivity index (χ0) is 23.2. The van der Waals surface area contributed by atoms with Gasteiger partial charge in [-0.2, -0.15) is 0 Å². The van der Waals surface area contributed by atoms with Crippen LogP contribution >= 0.6 is 22.6 Å². The molecule has 0 radical (unpaired) electrons. The molecule has 0 fully saturated rings. The first-order valence-corrected chi connectivity index (χ1v) is 11.1. The van der Waals surface area contributed by atoms with Crippen LogP contribution in [0.25, 0.3) is 0 Å². The Kier molecular flexibility index (Phi) is 12.6. The molecule has 9 nitrogen and oxygen atoms in total. The first-order chi connectivity index (χ1) is 14.7. The maximum absolute atomic E-state index is 11.3. The highest BCUT2D eigenvalue weighted by molar-refractivity contribution is 14.1. The largest absolute Gasteiger partial charge is 0.481 e. The SMILES string of the molecule is C=C(N[C@@H](CCCCNCc1ccc(I)cc1)CC(=O)O)N[C@@H](CCC(=O)O)C(=O)O. The zero-order valence-electron chi connectivity index (χ0n) is 17.3. The summed E-state index contributed by atoms with van der Waals surface area (Å²) >= 11 is 2.26. The lowest BCUT2D eigenvalue weighted by atomic mass is 10.1. The van der Waals surface area contributed by atoms with Gasteiger partial charge < -0.3 is 31.3 Å². The van der Waals surface area contributed by atoms with E-state index in [0.717, 1.165) is 25.9 Å². The Morgan fingerprint density at radius 2 is 1.65 bits per heavy atom. The third kappa shape index (κ3) is 12.8. The molecule has 2 atom stereocenters. The van der Waals surface area contributed by atoms with Crippen LogP contribution in [0.2, 0.25) is 0 Å². The van der Waals surface area contributed by atoms with E-state index < -0.39 is 30.0 Å². The molecule has 1 aromatic rings. The molecule has 0 bridgehead atoms. The minimum absolute atomic E-state index is 0.110. The molecule has 0 spiro atoms. The van der Waals surface area contributed by atoms with Crippen molar-refractivity contribution in [3.63, 3.8) is 0 Å². The minimum atomic E-state index is -1.20. The summed E-state index contributed by atoms with van der Waals surface area (Å²) in [5.41, 5.74) is 1.20. The summed E-state index contributed by atoms with van der Waals surface area (Å²) in [6, 6.07) is 6.71. The molecule has 0 aliphatic rings. The molecule has 0 aliphatic heterocycles. The van der Waals surface area contributed by atoms with Crippen LogP contribution in [0.5, 0.6) is 0 Å². The Morgan fingerprint density at radius 3 is 2.23 bits per heavy atom. The van der Waals surface area contributed by atoms with Gasteiger partial charge in [0.15, 0.2) is 0 Å². The Bertz CT molecular complexity index is 741. The lowest BCUT2D eigenvalue weighted by Crippen LogP contribution is -2.43. The number of carboxylic acids is 3. The second-order valence-corrected chi connectivity index (χ2v) is 8.43. The number of aliphatic carboxylic acids is 3. The summed E-state index contributed by atoms with van der Waals surface area (Å²) in [4.78, 5) is 33.1. The van der Waals surface area contributed by atoms with Gasteiger partial charge in [-0.15, -0.1) is 0 Å². The molecule has 1 aromatic carbocycles. The molecule has 0 saturated heterocycles. The maximum Gasteiger partial charge on any atom is 0.326 e. The third-order valence-electron chi connectivity index (χ3n) is 4.49. The smallest absolute Gasteiger partial charge is 0.326 e. The average molecular weight is 547 g/mol. The van der Waals surface area contributed by atoms with Gasteiger partial charge in [0.25, 0.3) is 0 Å². The molecule has 0 amide bonds. The average Bonchev–Trinajstić information content (AvgIpc) is 2.68. The molecule has 10 heteroatoms. The number of carbonyl (C=O) groups is 3. The molecule has 1 rings (SSSR count). The van der Waals surface area contributed by atoms with Gasteiger partial charge in [0, 0.05) is 22.6 Å². The molecule has 0 saturated carbocycles. The van der Waals surface area contributed by atoms with E-state index in [9.17, 15) is 19.5 Å². The molecular formula is C21H30IN3O6. The second kappa shape index (κ2) is 14.6. The molecule has 0 aliphatic carbocycles. The zero-order valence-corrected chi connectivity index (χ0v) is 19.4. The predicted molar refractivity (Wildman–Crippen MR) is 124 cm³/mol. The highest BCUT2D eigenvalue weighted by Gasteiger charge is 2.20. The summed E-state index contributed by atoms with van der Waals surface area (Å²) in [5, 5.41) is 36.0. The van der Waals surface area contributed by atoms with E-state index >= 15 is 0 Å². The fraction of sp³-hybridized carbons (Fsp3) is 0.476. The van der Waals surface area contributed by atoms with Crippen molar-refractivity contribution in [1.29, 1.82) is 0 Å². The Hall–Kier alpha value is -2.34. The number of hydrogen-bond donors (Lipinski definition) is 6. The summed E-state index contributed by atoms with van der Waals surface area (Å²) in [6.07, 6.45) is 1.67. The van der Waals surface area contributed by atoms with E-state index in [-0.39, 0.29) is 25.1 Å². The van der Waals surface area contributed by atoms with Crippen molar-refractivity contribution in [2.75, 3.05) is 6.54 Å². The van der Waals surface area contributed by atoms with Crippen LogP contribution in [0.4, 0.5) is 0 Å². The van der Waals surface area contributed by atoms with Crippen molar-refractivity contribution in [2.24, 2.45) is 0 Å². The van der Waals surface area contributed by atoms with Crippen molar-refractivity contribution >= 4 is 40.5 Å². The molecule has 0 unspecified atom stereocenters. The lowest BCUT2D eigenvalue weighted by molar-refractivity contribution is -0.141. The molecule has 6 N–H and O–H groups in total. The van der Waals surface area contributed by atoms with Crippen LogP contribution in [0.1, 0.15) is 44.1 Å². The van der Waals surface area contributed by atoms with Crippen LogP contribution in [0.15, 0.2) is 36.7 Å². The molecule has 31 heavy (non-hydrogen) atoms. The number of benzene rings is 1. The molecule has 0 aromatic heterocycles. The first-order valence-electron chi connectivity index (χ1n) is 10.0. The van der Waals surface area contributed by atoms with Crippen molar-refractivity contribution in [3.8, 4) is 0 Å². The van der Waals surface area contributed by atoms with Crippen LogP contribution in [-0.4, -0.2) is 51.9 Å². The van der Waals surface area contributed by atoms with Crippen LogP contribution in [-0.2, 0) is 20.9 Å². The Morgan fingerprint density at radius 1 is 0.968 bits per heavy atom. The monoisotopic (exact) mass is 547 g/mol. The highest BCUT2D eigenvalue weighted by atomic mass is 127. The van der Waals surface area contributed by atoms with E-state index in [2.05, 4.69) is 69.4 Å². The van der Waals surface area contributed by atoms with Gasteiger partial charge in [0.05, 0.1) is 12.2 Å². The van der Waals surface area contributed by atoms with Crippen LogP contribution in [0, 0.1) is 3.57 Å². The van der Waals surface area contributed by atoms with Gasteiger partial charge >= 0.3 is 17.9 Å².